The fourth-order valence-electron chi connectivity index (χ4n) is 2.08. The minimum absolute atomic E-state index is 0.192. The molecule has 0 bridgehead atoms. The summed E-state index contributed by atoms with van der Waals surface area (Å²) in [5.74, 6) is 0. The number of likely N-dealkylation sites (tertiary alicyclic amines) is 1. The van der Waals surface area contributed by atoms with E-state index in [0.717, 1.165) is 0 Å². The van der Waals surface area contributed by atoms with Crippen molar-refractivity contribution in [3.8, 4) is 0 Å². The lowest BCUT2D eigenvalue weighted by atomic mass is 10.2. The summed E-state index contributed by atoms with van der Waals surface area (Å²) in [4.78, 5) is 15.1. The highest BCUT2D eigenvalue weighted by Crippen LogP contribution is 2.21. The van der Waals surface area contributed by atoms with Gasteiger partial charge in [0.15, 0.2) is 0 Å². The van der Waals surface area contributed by atoms with E-state index in [2.05, 4.69) is 15.1 Å². The van der Waals surface area contributed by atoms with E-state index in [4.69, 9.17) is 10.6 Å². The second-order valence-electron chi connectivity index (χ2n) is 3.91. The van der Waals surface area contributed by atoms with Crippen LogP contribution in [-0.2, 0) is 6.54 Å². The monoisotopic (exact) mass is 236 g/mol. The average Bonchev–Trinajstić information content (AvgIpc) is 2.89. The van der Waals surface area contributed by atoms with Crippen LogP contribution in [0.2, 0.25) is 0 Å². The molecule has 1 aliphatic heterocycles. The number of azide groups is 1. The molecule has 8 nitrogen and oxygen atoms in total. The van der Waals surface area contributed by atoms with Gasteiger partial charge in [-0.1, -0.05) is 5.11 Å². The van der Waals surface area contributed by atoms with Gasteiger partial charge >= 0.3 is 6.09 Å². The number of carboxylic acid groups (broad SMARTS) is 1. The quantitative estimate of drug-likeness (QED) is 0.485. The van der Waals surface area contributed by atoms with Crippen molar-refractivity contribution >= 4 is 6.09 Å². The maximum Gasteiger partial charge on any atom is 0.407 e. The molecular weight excluding hydrogens is 224 g/mol. The van der Waals surface area contributed by atoms with Crippen LogP contribution in [0.5, 0.6) is 0 Å². The minimum atomic E-state index is -0.988. The molecule has 1 aromatic heterocycles. The molecule has 1 saturated heterocycles. The van der Waals surface area contributed by atoms with E-state index in [0.29, 0.717) is 13.0 Å². The first kappa shape index (κ1) is 11.3. The van der Waals surface area contributed by atoms with Gasteiger partial charge in [-0.2, -0.15) is 5.10 Å². The highest BCUT2D eigenvalue weighted by atomic mass is 16.4. The van der Waals surface area contributed by atoms with E-state index in [1.807, 2.05) is 0 Å². The van der Waals surface area contributed by atoms with Crippen molar-refractivity contribution in [1.29, 1.82) is 0 Å². The Morgan fingerprint density at radius 2 is 2.53 bits per heavy atom. The Bertz CT molecular complexity index is 438. The molecule has 1 fully saturated rings. The van der Waals surface area contributed by atoms with E-state index in [9.17, 15) is 4.79 Å². The van der Waals surface area contributed by atoms with Gasteiger partial charge in [-0.25, -0.2) is 4.79 Å². The van der Waals surface area contributed by atoms with Gasteiger partial charge in [0.05, 0.1) is 18.6 Å². The van der Waals surface area contributed by atoms with Crippen LogP contribution in [0.3, 0.4) is 0 Å². The molecule has 1 N–H and O–H groups in total. The molecule has 8 heteroatoms. The predicted molar refractivity (Wildman–Crippen MR) is 58.3 cm³/mol. The number of rotatable bonds is 3. The molecule has 2 rings (SSSR count). The maximum absolute atomic E-state index is 11.1. The zero-order valence-corrected chi connectivity index (χ0v) is 9.05. The van der Waals surface area contributed by atoms with Crippen molar-refractivity contribution in [1.82, 2.24) is 14.7 Å². The van der Waals surface area contributed by atoms with Gasteiger partial charge in [0, 0.05) is 23.9 Å². The highest BCUT2D eigenvalue weighted by molar-refractivity contribution is 5.66. The first-order valence-electron chi connectivity index (χ1n) is 5.22. The fourth-order valence-corrected chi connectivity index (χ4v) is 2.08. The summed E-state index contributed by atoms with van der Waals surface area (Å²) in [5.41, 5.74) is 8.37. The molecular formula is C9H12N6O2. The van der Waals surface area contributed by atoms with Crippen molar-refractivity contribution in [3.63, 3.8) is 0 Å². The Morgan fingerprint density at radius 3 is 3.12 bits per heavy atom. The molecule has 0 radical (unpaired) electrons. The molecule has 1 amide bonds. The lowest BCUT2D eigenvalue weighted by molar-refractivity contribution is 0.135. The molecule has 1 aliphatic rings. The average molecular weight is 236 g/mol. The van der Waals surface area contributed by atoms with Crippen LogP contribution in [0.15, 0.2) is 23.6 Å². The minimum Gasteiger partial charge on any atom is -0.465 e. The number of nitrogens with zero attached hydrogens (tertiary/aromatic N) is 6. The molecule has 90 valence electrons. The van der Waals surface area contributed by atoms with Gasteiger partial charge in [0.2, 0.25) is 0 Å². The van der Waals surface area contributed by atoms with E-state index in [-0.39, 0.29) is 18.6 Å². The Morgan fingerprint density at radius 1 is 1.71 bits per heavy atom. The Balaban J connectivity index is 2.08. The number of carbonyl (C=O) groups is 1. The molecule has 0 saturated carbocycles. The standard InChI is InChI=1S/C9H12N6O2/c10-13-12-7-4-8(15(5-7)9(16)17)6-14-3-1-2-11-14/h1-3,7-8H,4-6H2,(H,16,17)/t7-,8+/m1/s1. The summed E-state index contributed by atoms with van der Waals surface area (Å²) in [6.45, 7) is 0.738. The molecule has 17 heavy (non-hydrogen) atoms. The Labute approximate surface area is 97.1 Å². The topological polar surface area (TPSA) is 107 Å². The summed E-state index contributed by atoms with van der Waals surface area (Å²) in [6, 6.07) is 1.31. The lowest BCUT2D eigenvalue weighted by Crippen LogP contribution is -2.37. The lowest BCUT2D eigenvalue weighted by Gasteiger charge is -2.20. The molecule has 0 spiro atoms. The Kier molecular flexibility index (Phi) is 3.15. The smallest absolute Gasteiger partial charge is 0.407 e. The Hall–Kier alpha value is -2.21. The van der Waals surface area contributed by atoms with Crippen LogP contribution in [0.25, 0.3) is 10.4 Å². The van der Waals surface area contributed by atoms with Crippen LogP contribution in [0, 0.1) is 0 Å². The van der Waals surface area contributed by atoms with E-state index in [1.54, 1.807) is 23.1 Å². The normalized spacial score (nSPS) is 23.4. The number of hydrogen-bond donors (Lipinski definition) is 1. The van der Waals surface area contributed by atoms with Crippen molar-refractivity contribution < 1.29 is 9.90 Å². The van der Waals surface area contributed by atoms with Crippen molar-refractivity contribution in [3.05, 3.63) is 28.9 Å². The number of hydrogen-bond acceptors (Lipinski definition) is 3. The van der Waals surface area contributed by atoms with Crippen LogP contribution in [0.4, 0.5) is 4.79 Å². The molecule has 1 aromatic rings. The molecule has 0 aliphatic carbocycles. The van der Waals surface area contributed by atoms with Crippen molar-refractivity contribution in [2.24, 2.45) is 5.11 Å². The maximum atomic E-state index is 11.1. The van der Waals surface area contributed by atoms with Crippen LogP contribution >= 0.6 is 0 Å². The summed E-state index contributed by atoms with van der Waals surface area (Å²) < 4.78 is 1.68. The van der Waals surface area contributed by atoms with Crippen LogP contribution in [0.1, 0.15) is 6.42 Å². The SMILES string of the molecule is [N-]=[N+]=N[C@@H]1C[C@@H](Cn2cccn2)N(C(=O)O)C1. The zero-order chi connectivity index (χ0) is 12.3. The van der Waals surface area contributed by atoms with Gasteiger partial charge in [0.25, 0.3) is 0 Å². The highest BCUT2D eigenvalue weighted by Gasteiger charge is 2.34. The van der Waals surface area contributed by atoms with Gasteiger partial charge < -0.3 is 10.0 Å². The van der Waals surface area contributed by atoms with E-state index < -0.39 is 6.09 Å². The van der Waals surface area contributed by atoms with Crippen molar-refractivity contribution in [2.75, 3.05) is 6.54 Å². The molecule has 2 heterocycles. The zero-order valence-electron chi connectivity index (χ0n) is 9.05. The van der Waals surface area contributed by atoms with E-state index >= 15 is 0 Å². The predicted octanol–water partition coefficient (Wildman–Crippen LogP) is 1.31. The third-order valence-electron chi connectivity index (χ3n) is 2.81. The third-order valence-corrected chi connectivity index (χ3v) is 2.81. The number of amides is 1. The molecule has 0 aromatic carbocycles. The number of aromatic nitrogens is 2. The third kappa shape index (κ3) is 2.48. The summed E-state index contributed by atoms with van der Waals surface area (Å²) >= 11 is 0. The fraction of sp³-hybridized carbons (Fsp3) is 0.556. The van der Waals surface area contributed by atoms with Crippen LogP contribution in [-0.4, -0.2) is 44.5 Å². The van der Waals surface area contributed by atoms with Gasteiger partial charge in [0.1, 0.15) is 0 Å². The molecule has 0 unspecified atom stereocenters. The van der Waals surface area contributed by atoms with Crippen molar-refractivity contribution in [2.45, 2.75) is 25.0 Å². The second kappa shape index (κ2) is 4.75. The second-order valence-corrected chi connectivity index (χ2v) is 3.91. The van der Waals surface area contributed by atoms with Gasteiger partial charge in [-0.3, -0.25) is 4.68 Å². The van der Waals surface area contributed by atoms with Gasteiger partial charge in [-0.05, 0) is 18.0 Å². The van der Waals surface area contributed by atoms with Gasteiger partial charge in [-0.15, -0.1) is 0 Å². The summed E-state index contributed by atoms with van der Waals surface area (Å²) in [6.07, 6.45) is 2.97. The summed E-state index contributed by atoms with van der Waals surface area (Å²) in [5, 5.41) is 16.7. The first-order valence-corrected chi connectivity index (χ1v) is 5.22. The van der Waals surface area contributed by atoms with Crippen LogP contribution < -0.4 is 0 Å². The van der Waals surface area contributed by atoms with E-state index in [1.165, 1.54) is 4.90 Å². The largest absolute Gasteiger partial charge is 0.465 e. The summed E-state index contributed by atoms with van der Waals surface area (Å²) in [7, 11) is 0. The molecule has 2 atom stereocenters. The first-order chi connectivity index (χ1) is 8.20.